The highest BCUT2D eigenvalue weighted by Crippen LogP contribution is 2.32. The molecule has 1 fully saturated rings. The van der Waals surface area contributed by atoms with Gasteiger partial charge >= 0.3 is 5.97 Å². The van der Waals surface area contributed by atoms with Crippen molar-refractivity contribution < 1.29 is 33.7 Å². The molecule has 1 saturated heterocycles. The molecule has 1 N–H and O–H groups in total. The number of hydrogen-bond acceptors (Lipinski definition) is 7. The molecular weight excluding hydrogens is 366 g/mol. The molecule has 8 nitrogen and oxygen atoms in total. The molecule has 0 saturated carbocycles. The number of nitrogens with zero attached hydrogens (tertiary/aromatic N) is 1. The summed E-state index contributed by atoms with van der Waals surface area (Å²) in [5, 5.41) is 10.7. The van der Waals surface area contributed by atoms with E-state index in [0.717, 1.165) is 0 Å². The van der Waals surface area contributed by atoms with Crippen LogP contribution in [0.4, 0.5) is 0 Å². The standard InChI is InChI=1S/C20H27NO7/c1-4-28-19(24)13-20(25)10-5-11-21(20)18(23)9-7-16(22)15-12-14(26-2)6-8-17(15)27-3/h6,8,12,25H,4-5,7,9-11,13H2,1-3H3. The number of ketones is 1. The maximum atomic E-state index is 12.6. The molecule has 1 aromatic carbocycles. The summed E-state index contributed by atoms with van der Waals surface area (Å²) >= 11 is 0. The fourth-order valence-electron chi connectivity index (χ4n) is 3.37. The summed E-state index contributed by atoms with van der Waals surface area (Å²) in [5.74, 6) is -0.282. The SMILES string of the molecule is CCOC(=O)CC1(O)CCCN1C(=O)CCC(=O)c1cc(OC)ccc1OC. The van der Waals surface area contributed by atoms with Crippen molar-refractivity contribution in [2.24, 2.45) is 0 Å². The largest absolute Gasteiger partial charge is 0.497 e. The average molecular weight is 393 g/mol. The maximum Gasteiger partial charge on any atom is 0.310 e. The van der Waals surface area contributed by atoms with E-state index >= 15 is 0 Å². The van der Waals surface area contributed by atoms with Crippen molar-refractivity contribution >= 4 is 17.7 Å². The van der Waals surface area contributed by atoms with Crippen molar-refractivity contribution in [1.82, 2.24) is 4.90 Å². The van der Waals surface area contributed by atoms with E-state index in [2.05, 4.69) is 0 Å². The number of carbonyl (C=O) groups excluding carboxylic acids is 3. The Balaban J connectivity index is 2.03. The normalized spacial score (nSPS) is 18.6. The van der Waals surface area contributed by atoms with Crippen LogP contribution < -0.4 is 9.47 Å². The first kappa shape index (κ1) is 21.7. The smallest absolute Gasteiger partial charge is 0.310 e. The Morgan fingerprint density at radius 1 is 1.18 bits per heavy atom. The molecule has 0 spiro atoms. The second-order valence-electron chi connectivity index (χ2n) is 6.60. The van der Waals surface area contributed by atoms with Crippen LogP contribution >= 0.6 is 0 Å². The van der Waals surface area contributed by atoms with Crippen molar-refractivity contribution in [1.29, 1.82) is 0 Å². The first-order valence-electron chi connectivity index (χ1n) is 9.28. The maximum absolute atomic E-state index is 12.6. The predicted molar refractivity (Wildman–Crippen MR) is 100 cm³/mol. The van der Waals surface area contributed by atoms with Crippen molar-refractivity contribution in [3.05, 3.63) is 23.8 Å². The topological polar surface area (TPSA) is 102 Å². The summed E-state index contributed by atoms with van der Waals surface area (Å²) < 4.78 is 15.2. The number of benzene rings is 1. The highest BCUT2D eigenvalue weighted by atomic mass is 16.5. The fourth-order valence-corrected chi connectivity index (χ4v) is 3.37. The number of ether oxygens (including phenoxy) is 3. The van der Waals surface area contributed by atoms with E-state index < -0.39 is 11.7 Å². The Morgan fingerprint density at radius 3 is 2.57 bits per heavy atom. The van der Waals surface area contributed by atoms with Gasteiger partial charge in [0.1, 0.15) is 11.5 Å². The number of Topliss-reactive ketones (excluding diaryl/α,β-unsaturated/α-hetero) is 1. The van der Waals surface area contributed by atoms with Crippen LogP contribution in [0, 0.1) is 0 Å². The molecule has 1 heterocycles. The van der Waals surface area contributed by atoms with E-state index in [0.29, 0.717) is 36.4 Å². The van der Waals surface area contributed by atoms with Crippen LogP contribution in [-0.4, -0.2) is 60.8 Å². The Labute approximate surface area is 164 Å². The minimum Gasteiger partial charge on any atom is -0.497 e. The Kier molecular flexibility index (Phi) is 7.39. The molecule has 2 rings (SSSR count). The molecule has 0 bridgehead atoms. The molecule has 154 valence electrons. The second kappa shape index (κ2) is 9.54. The van der Waals surface area contributed by atoms with Crippen molar-refractivity contribution in [2.75, 3.05) is 27.4 Å². The minimum atomic E-state index is -1.56. The molecule has 1 unspecified atom stereocenters. The van der Waals surface area contributed by atoms with Gasteiger partial charge in [0.2, 0.25) is 5.91 Å². The van der Waals surface area contributed by atoms with Crippen LogP contribution in [-0.2, 0) is 14.3 Å². The van der Waals surface area contributed by atoms with Gasteiger partial charge in [-0.15, -0.1) is 0 Å². The van der Waals surface area contributed by atoms with E-state index in [-0.39, 0.29) is 37.6 Å². The summed E-state index contributed by atoms with van der Waals surface area (Å²) in [7, 11) is 2.96. The van der Waals surface area contributed by atoms with Crippen LogP contribution in [0.5, 0.6) is 11.5 Å². The van der Waals surface area contributed by atoms with Crippen molar-refractivity contribution in [2.45, 2.75) is 44.8 Å². The van der Waals surface area contributed by atoms with E-state index in [1.54, 1.807) is 25.1 Å². The lowest BCUT2D eigenvalue weighted by molar-refractivity contribution is -0.165. The number of rotatable bonds is 9. The van der Waals surface area contributed by atoms with Gasteiger partial charge in [0, 0.05) is 19.4 Å². The van der Waals surface area contributed by atoms with Crippen LogP contribution in [0.25, 0.3) is 0 Å². The Morgan fingerprint density at radius 2 is 1.93 bits per heavy atom. The number of likely N-dealkylation sites (tertiary alicyclic amines) is 1. The first-order chi connectivity index (χ1) is 13.3. The summed E-state index contributed by atoms with van der Waals surface area (Å²) in [6.45, 7) is 2.23. The zero-order valence-corrected chi connectivity index (χ0v) is 16.5. The first-order valence-corrected chi connectivity index (χ1v) is 9.28. The van der Waals surface area contributed by atoms with Gasteiger partial charge in [-0.2, -0.15) is 0 Å². The quantitative estimate of drug-likeness (QED) is 0.505. The highest BCUT2D eigenvalue weighted by molar-refractivity contribution is 6.00. The summed E-state index contributed by atoms with van der Waals surface area (Å²) in [5.41, 5.74) is -1.22. The third kappa shape index (κ3) is 5.01. The molecule has 8 heteroatoms. The lowest BCUT2D eigenvalue weighted by Gasteiger charge is -2.33. The summed E-state index contributed by atoms with van der Waals surface area (Å²) in [4.78, 5) is 38.2. The van der Waals surface area contributed by atoms with Gasteiger partial charge in [-0.25, -0.2) is 0 Å². The van der Waals surface area contributed by atoms with Gasteiger partial charge in [0.05, 0.1) is 32.8 Å². The lowest BCUT2D eigenvalue weighted by atomic mass is 10.0. The van der Waals surface area contributed by atoms with E-state index in [4.69, 9.17) is 14.2 Å². The highest BCUT2D eigenvalue weighted by Gasteiger charge is 2.43. The van der Waals surface area contributed by atoms with E-state index in [1.807, 2.05) is 0 Å². The molecule has 0 aliphatic carbocycles. The summed E-state index contributed by atoms with van der Waals surface area (Å²) in [6.07, 6.45) is 0.484. The van der Waals surface area contributed by atoms with Gasteiger partial charge < -0.3 is 24.2 Å². The molecule has 1 atom stereocenters. The number of carbonyl (C=O) groups is 3. The fraction of sp³-hybridized carbons (Fsp3) is 0.550. The monoisotopic (exact) mass is 393 g/mol. The lowest BCUT2D eigenvalue weighted by Crippen LogP contribution is -2.48. The van der Waals surface area contributed by atoms with Gasteiger partial charge in [-0.1, -0.05) is 0 Å². The Bertz CT molecular complexity index is 733. The van der Waals surface area contributed by atoms with Gasteiger partial charge in [0.25, 0.3) is 0 Å². The molecule has 28 heavy (non-hydrogen) atoms. The second-order valence-corrected chi connectivity index (χ2v) is 6.60. The summed E-state index contributed by atoms with van der Waals surface area (Å²) in [6, 6.07) is 4.88. The predicted octanol–water partition coefficient (Wildman–Crippen LogP) is 1.93. The molecular formula is C20H27NO7. The molecule has 1 aromatic rings. The zero-order valence-electron chi connectivity index (χ0n) is 16.5. The zero-order chi connectivity index (χ0) is 20.7. The third-order valence-corrected chi connectivity index (χ3v) is 4.77. The number of methoxy groups -OCH3 is 2. The molecule has 1 aliphatic rings. The van der Waals surface area contributed by atoms with Gasteiger partial charge in [-0.3, -0.25) is 14.4 Å². The number of hydrogen-bond donors (Lipinski definition) is 1. The average Bonchev–Trinajstić information content (AvgIpc) is 3.06. The molecule has 0 radical (unpaired) electrons. The Hall–Kier alpha value is -2.61. The van der Waals surface area contributed by atoms with Crippen molar-refractivity contribution in [3.8, 4) is 11.5 Å². The third-order valence-electron chi connectivity index (χ3n) is 4.77. The number of aliphatic hydroxyl groups is 1. The van der Waals surface area contributed by atoms with Gasteiger partial charge in [0.15, 0.2) is 11.5 Å². The van der Waals surface area contributed by atoms with Gasteiger partial charge in [-0.05, 0) is 38.0 Å². The van der Waals surface area contributed by atoms with E-state index in [1.165, 1.54) is 19.1 Å². The number of amides is 1. The van der Waals surface area contributed by atoms with Crippen LogP contribution in [0.2, 0.25) is 0 Å². The van der Waals surface area contributed by atoms with Crippen molar-refractivity contribution in [3.63, 3.8) is 0 Å². The molecule has 0 aromatic heterocycles. The molecule has 1 amide bonds. The number of esters is 1. The van der Waals surface area contributed by atoms with Crippen LogP contribution in [0.15, 0.2) is 18.2 Å². The van der Waals surface area contributed by atoms with Crippen LogP contribution in [0.3, 0.4) is 0 Å². The van der Waals surface area contributed by atoms with Crippen LogP contribution in [0.1, 0.15) is 49.4 Å². The van der Waals surface area contributed by atoms with E-state index in [9.17, 15) is 19.5 Å². The minimum absolute atomic E-state index is 0.0473. The molecule has 1 aliphatic heterocycles.